The maximum absolute atomic E-state index is 9.59. The van der Waals surface area contributed by atoms with Gasteiger partial charge in [0.1, 0.15) is 0 Å². The van der Waals surface area contributed by atoms with E-state index in [9.17, 15) is 5.11 Å². The first-order chi connectivity index (χ1) is 9.62. The lowest BCUT2D eigenvalue weighted by molar-refractivity contribution is -0.217. The van der Waals surface area contributed by atoms with Gasteiger partial charge in [0.15, 0.2) is 0 Å². The van der Waals surface area contributed by atoms with Gasteiger partial charge in [-0.1, -0.05) is 30.3 Å². The molecule has 2 fully saturated rings. The molecule has 1 aromatic rings. The number of rotatable bonds is 4. The SMILES string of the molecule is CC(C)(CO)N1OC[C@@H]2CO[C@@H](Cc3ccccc3)[C@@H]21. The lowest BCUT2D eigenvalue weighted by Crippen LogP contribution is -2.52. The van der Waals surface area contributed by atoms with E-state index >= 15 is 0 Å². The molecule has 2 heterocycles. The molecule has 0 unspecified atom stereocenters. The van der Waals surface area contributed by atoms with Gasteiger partial charge in [0.2, 0.25) is 0 Å². The van der Waals surface area contributed by atoms with Crippen LogP contribution in [0.3, 0.4) is 0 Å². The van der Waals surface area contributed by atoms with Crippen LogP contribution in [0.5, 0.6) is 0 Å². The molecule has 1 N–H and O–H groups in total. The van der Waals surface area contributed by atoms with Crippen LogP contribution in [0.25, 0.3) is 0 Å². The summed E-state index contributed by atoms with van der Waals surface area (Å²) in [5, 5.41) is 11.6. The van der Waals surface area contributed by atoms with E-state index in [4.69, 9.17) is 9.57 Å². The summed E-state index contributed by atoms with van der Waals surface area (Å²) in [5.74, 6) is 0.412. The number of hydroxylamine groups is 2. The third kappa shape index (κ3) is 2.49. The average molecular weight is 277 g/mol. The topological polar surface area (TPSA) is 41.9 Å². The van der Waals surface area contributed by atoms with Crippen LogP contribution < -0.4 is 0 Å². The first kappa shape index (κ1) is 14.0. The Morgan fingerprint density at radius 2 is 2.00 bits per heavy atom. The molecule has 1 aromatic carbocycles. The molecular formula is C16H23NO3. The van der Waals surface area contributed by atoms with E-state index in [0.717, 1.165) is 13.0 Å². The molecule has 3 rings (SSSR count). The smallest absolute Gasteiger partial charge is 0.0798 e. The molecule has 3 atom stereocenters. The van der Waals surface area contributed by atoms with E-state index in [2.05, 4.69) is 24.3 Å². The van der Waals surface area contributed by atoms with Gasteiger partial charge in [0.05, 0.1) is 37.5 Å². The highest BCUT2D eigenvalue weighted by Crippen LogP contribution is 2.37. The highest BCUT2D eigenvalue weighted by Gasteiger charge is 2.50. The van der Waals surface area contributed by atoms with Crippen LogP contribution in [0.2, 0.25) is 0 Å². The Labute approximate surface area is 120 Å². The van der Waals surface area contributed by atoms with Gasteiger partial charge < -0.3 is 9.84 Å². The third-order valence-electron chi connectivity index (χ3n) is 4.35. The summed E-state index contributed by atoms with van der Waals surface area (Å²) in [7, 11) is 0. The standard InChI is InChI=1S/C16H23NO3/c1-16(2,11-18)17-15-13(10-20-17)9-19-14(15)8-12-6-4-3-5-7-12/h3-7,13-15,18H,8-11H2,1-2H3/t13-,14-,15+/m0/s1. The second-order valence-electron chi connectivity index (χ2n) is 6.40. The molecule has 0 aliphatic carbocycles. The fourth-order valence-corrected chi connectivity index (χ4v) is 3.17. The van der Waals surface area contributed by atoms with Gasteiger partial charge in [-0.2, -0.15) is 5.06 Å². The van der Waals surface area contributed by atoms with Crippen molar-refractivity contribution >= 4 is 0 Å². The van der Waals surface area contributed by atoms with E-state index in [1.165, 1.54) is 5.56 Å². The van der Waals surface area contributed by atoms with Crippen molar-refractivity contribution in [2.75, 3.05) is 19.8 Å². The maximum atomic E-state index is 9.59. The first-order valence-corrected chi connectivity index (χ1v) is 7.30. The number of hydrogen-bond acceptors (Lipinski definition) is 4. The predicted octanol–water partition coefficient (Wildman–Crippen LogP) is 1.63. The number of hydrogen-bond donors (Lipinski definition) is 1. The molecule has 110 valence electrons. The van der Waals surface area contributed by atoms with Crippen molar-refractivity contribution in [2.24, 2.45) is 5.92 Å². The Kier molecular flexibility index (Phi) is 3.82. The van der Waals surface area contributed by atoms with Crippen molar-refractivity contribution < 1.29 is 14.7 Å². The zero-order valence-corrected chi connectivity index (χ0v) is 12.2. The van der Waals surface area contributed by atoms with Gasteiger partial charge in [-0.05, 0) is 19.4 Å². The molecule has 0 radical (unpaired) electrons. The summed E-state index contributed by atoms with van der Waals surface area (Å²) in [6.07, 6.45) is 1.03. The minimum Gasteiger partial charge on any atom is -0.394 e. The van der Waals surface area contributed by atoms with E-state index < -0.39 is 0 Å². The van der Waals surface area contributed by atoms with E-state index in [1.807, 2.05) is 25.0 Å². The minimum atomic E-state index is -0.373. The quantitative estimate of drug-likeness (QED) is 0.908. The van der Waals surface area contributed by atoms with Gasteiger partial charge in [-0.25, -0.2) is 0 Å². The predicted molar refractivity (Wildman–Crippen MR) is 76.1 cm³/mol. The molecule has 0 saturated carbocycles. The van der Waals surface area contributed by atoms with E-state index in [1.54, 1.807) is 0 Å². The number of ether oxygens (including phenoxy) is 1. The molecule has 0 bridgehead atoms. The highest BCUT2D eigenvalue weighted by atomic mass is 16.7. The Balaban J connectivity index is 1.76. The number of fused-ring (bicyclic) bond motifs is 1. The van der Waals surface area contributed by atoms with Crippen LogP contribution in [-0.2, 0) is 16.0 Å². The van der Waals surface area contributed by atoms with Crippen LogP contribution in [0.4, 0.5) is 0 Å². The monoisotopic (exact) mass is 277 g/mol. The minimum absolute atomic E-state index is 0.0777. The fraction of sp³-hybridized carbons (Fsp3) is 0.625. The molecule has 4 heteroatoms. The van der Waals surface area contributed by atoms with Crippen LogP contribution in [0, 0.1) is 5.92 Å². The Bertz CT molecular complexity index is 448. The van der Waals surface area contributed by atoms with Crippen LogP contribution >= 0.6 is 0 Å². The Morgan fingerprint density at radius 1 is 1.25 bits per heavy atom. The summed E-state index contributed by atoms with van der Waals surface area (Å²) >= 11 is 0. The first-order valence-electron chi connectivity index (χ1n) is 7.30. The molecule has 0 spiro atoms. The normalized spacial score (nSPS) is 30.6. The van der Waals surface area contributed by atoms with Crippen molar-refractivity contribution in [3.05, 3.63) is 35.9 Å². The number of benzene rings is 1. The lowest BCUT2D eigenvalue weighted by Gasteiger charge is -2.37. The molecule has 0 amide bonds. The van der Waals surface area contributed by atoms with Gasteiger partial charge in [0.25, 0.3) is 0 Å². The van der Waals surface area contributed by atoms with Gasteiger partial charge >= 0.3 is 0 Å². The van der Waals surface area contributed by atoms with Crippen molar-refractivity contribution in [1.29, 1.82) is 0 Å². The van der Waals surface area contributed by atoms with Crippen LogP contribution in [0.15, 0.2) is 30.3 Å². The Hall–Kier alpha value is -0.940. The van der Waals surface area contributed by atoms with Crippen molar-refractivity contribution in [1.82, 2.24) is 5.06 Å². The van der Waals surface area contributed by atoms with Gasteiger partial charge in [-0.3, -0.25) is 4.84 Å². The third-order valence-corrected chi connectivity index (χ3v) is 4.35. The second kappa shape index (κ2) is 5.45. The van der Waals surface area contributed by atoms with Crippen molar-refractivity contribution in [2.45, 2.75) is 38.0 Å². The zero-order valence-electron chi connectivity index (χ0n) is 12.2. The molecular weight excluding hydrogens is 254 g/mol. The molecule has 2 aliphatic heterocycles. The summed E-state index contributed by atoms with van der Waals surface area (Å²) < 4.78 is 5.99. The summed E-state index contributed by atoms with van der Waals surface area (Å²) in [6, 6.07) is 10.6. The number of aliphatic hydroxyl groups is 1. The molecule has 20 heavy (non-hydrogen) atoms. The molecule has 2 aliphatic rings. The summed E-state index contributed by atoms with van der Waals surface area (Å²) in [6.45, 7) is 5.54. The van der Waals surface area contributed by atoms with E-state index in [0.29, 0.717) is 12.5 Å². The average Bonchev–Trinajstić information content (AvgIpc) is 3.03. The summed E-state index contributed by atoms with van der Waals surface area (Å²) in [5.41, 5.74) is 0.911. The van der Waals surface area contributed by atoms with Gasteiger partial charge in [-0.15, -0.1) is 0 Å². The zero-order chi connectivity index (χ0) is 14.2. The number of nitrogens with zero attached hydrogens (tertiary/aromatic N) is 1. The maximum Gasteiger partial charge on any atom is 0.0798 e. The van der Waals surface area contributed by atoms with E-state index in [-0.39, 0.29) is 24.3 Å². The van der Waals surface area contributed by atoms with Crippen LogP contribution in [0.1, 0.15) is 19.4 Å². The second-order valence-corrected chi connectivity index (χ2v) is 6.40. The van der Waals surface area contributed by atoms with Crippen LogP contribution in [-0.4, -0.2) is 47.7 Å². The lowest BCUT2D eigenvalue weighted by atomic mass is 9.93. The highest BCUT2D eigenvalue weighted by molar-refractivity contribution is 5.17. The fourth-order valence-electron chi connectivity index (χ4n) is 3.17. The molecule has 2 saturated heterocycles. The largest absolute Gasteiger partial charge is 0.394 e. The summed E-state index contributed by atoms with van der Waals surface area (Å²) in [4.78, 5) is 5.84. The van der Waals surface area contributed by atoms with Crippen molar-refractivity contribution in [3.63, 3.8) is 0 Å². The number of aliphatic hydroxyl groups excluding tert-OH is 1. The van der Waals surface area contributed by atoms with Gasteiger partial charge in [0, 0.05) is 12.3 Å². The van der Waals surface area contributed by atoms with Crippen molar-refractivity contribution in [3.8, 4) is 0 Å². The Morgan fingerprint density at radius 3 is 2.70 bits per heavy atom. The molecule has 4 nitrogen and oxygen atoms in total. The molecule has 0 aromatic heterocycles.